The monoisotopic (exact) mass is 1280 g/mol. The molecule has 0 aliphatic heterocycles. The number of phosphoric ester groups is 1. The third kappa shape index (κ3) is 69.3. The zero-order valence-corrected chi connectivity index (χ0v) is 60.8. The molecule has 10 heteroatoms. The van der Waals surface area contributed by atoms with Gasteiger partial charge in [0.05, 0.1) is 33.8 Å². The van der Waals surface area contributed by atoms with E-state index in [0.717, 1.165) is 96.3 Å². The topological polar surface area (TPSA) is 111 Å². The highest BCUT2D eigenvalue weighted by atomic mass is 31.2. The van der Waals surface area contributed by atoms with Gasteiger partial charge in [0, 0.05) is 12.8 Å². The molecule has 1 amide bonds. The highest BCUT2D eigenvalue weighted by Gasteiger charge is 2.30. The largest absolute Gasteiger partial charge is 0.472 e. The number of unbranched alkanes of at least 4 members (excludes halogenated alkanes) is 39. The third-order valence-electron chi connectivity index (χ3n) is 16.8. The molecular weight excluding hydrogens is 1130 g/mol. The molecule has 0 aromatic carbocycles. The van der Waals surface area contributed by atoms with Crippen LogP contribution in [0.2, 0.25) is 0 Å². The number of esters is 1. The van der Waals surface area contributed by atoms with Crippen LogP contribution in [0, 0.1) is 0 Å². The molecule has 2 N–H and O–H groups in total. The minimum atomic E-state index is -4.46. The third-order valence-corrected chi connectivity index (χ3v) is 17.7. The number of rotatable bonds is 69. The van der Waals surface area contributed by atoms with Crippen LogP contribution in [-0.2, 0) is 27.9 Å². The molecule has 0 aromatic rings. The maximum Gasteiger partial charge on any atom is 0.472 e. The first-order valence-corrected chi connectivity index (χ1v) is 39.6. The van der Waals surface area contributed by atoms with E-state index >= 15 is 0 Å². The molecule has 0 aliphatic carbocycles. The molecule has 9 nitrogen and oxygen atoms in total. The number of nitrogens with one attached hydrogen (secondary N) is 1. The summed E-state index contributed by atoms with van der Waals surface area (Å²) in [5.74, 6) is -0.500. The lowest BCUT2D eigenvalue weighted by Crippen LogP contribution is -2.47. The maximum absolute atomic E-state index is 13.7. The number of hydrogen-bond donors (Lipinski definition) is 2. The number of ether oxygens (including phenoxy) is 1. The van der Waals surface area contributed by atoms with Crippen molar-refractivity contribution in [2.24, 2.45) is 0 Å². The fraction of sp³-hybridized carbons (Fsp3) is 0.775. The Hall–Kier alpha value is -3.07. The van der Waals surface area contributed by atoms with Gasteiger partial charge in [0.1, 0.15) is 19.3 Å². The van der Waals surface area contributed by atoms with E-state index in [9.17, 15) is 19.0 Å². The number of likely N-dealkylation sites (N-methyl/N-ethyl adjacent to an activating group) is 1. The molecule has 0 spiro atoms. The minimum absolute atomic E-state index is 0.0374. The average Bonchev–Trinajstić information content (AvgIpc) is 3.04. The van der Waals surface area contributed by atoms with Crippen molar-refractivity contribution in [1.29, 1.82) is 0 Å². The van der Waals surface area contributed by atoms with Crippen LogP contribution in [0.1, 0.15) is 348 Å². The summed E-state index contributed by atoms with van der Waals surface area (Å²) in [6.07, 6.45) is 94.3. The van der Waals surface area contributed by atoms with E-state index in [2.05, 4.69) is 111 Å². The molecule has 3 atom stereocenters. The number of quaternary nitrogens is 1. The number of hydrogen-bond acceptors (Lipinski definition) is 6. The van der Waals surface area contributed by atoms with E-state index in [1.165, 1.54) is 218 Å². The molecule has 0 rings (SSSR count). The minimum Gasteiger partial charge on any atom is -0.456 e. The highest BCUT2D eigenvalue weighted by Crippen LogP contribution is 2.43. The van der Waals surface area contributed by atoms with Gasteiger partial charge in [-0.05, 0) is 109 Å². The average molecular weight is 1280 g/mol. The molecule has 0 heterocycles. The van der Waals surface area contributed by atoms with Crippen molar-refractivity contribution >= 4 is 19.7 Å². The Morgan fingerprint density at radius 2 is 0.711 bits per heavy atom. The lowest BCUT2D eigenvalue weighted by atomic mass is 10.0. The SMILES string of the molecule is CC/C=C\C/C=C\C/C=C\C/C=C\C/C=C\CCCCCCCCCCCCCC(=O)NC(COP(=O)(O)OCC[N+](C)(C)C)C(/C=C/CCCCCCCCCCCC)OC(=O)CCCCCCCCCCCCCCCCC/C=C\C/C=C\CCCCC. The summed E-state index contributed by atoms with van der Waals surface area (Å²) < 4.78 is 30.9. The predicted molar refractivity (Wildman–Crippen MR) is 392 cm³/mol. The summed E-state index contributed by atoms with van der Waals surface area (Å²) in [6.45, 7) is 6.91. The van der Waals surface area contributed by atoms with E-state index in [-0.39, 0.29) is 31.5 Å². The Labute approximate surface area is 558 Å². The molecule has 0 saturated carbocycles. The molecule has 0 bridgehead atoms. The maximum atomic E-state index is 13.7. The first-order chi connectivity index (χ1) is 43.9. The van der Waals surface area contributed by atoms with Crippen molar-refractivity contribution in [2.75, 3.05) is 40.9 Å². The molecule has 0 saturated heterocycles. The molecular formula is C80H146N2O7P+. The molecule has 0 radical (unpaired) electrons. The van der Waals surface area contributed by atoms with E-state index < -0.39 is 20.0 Å². The van der Waals surface area contributed by atoms with Gasteiger partial charge in [0.25, 0.3) is 0 Å². The normalized spacial score (nSPS) is 14.0. The second-order valence-electron chi connectivity index (χ2n) is 26.8. The quantitative estimate of drug-likeness (QED) is 0.0205. The lowest BCUT2D eigenvalue weighted by Gasteiger charge is -2.27. The first kappa shape index (κ1) is 86.9. The van der Waals surface area contributed by atoms with Crippen LogP contribution in [0.15, 0.2) is 97.2 Å². The second kappa shape index (κ2) is 68.8. The number of phosphoric acid groups is 1. The van der Waals surface area contributed by atoms with Crippen molar-refractivity contribution in [3.8, 4) is 0 Å². The van der Waals surface area contributed by atoms with Crippen LogP contribution in [0.3, 0.4) is 0 Å². The van der Waals surface area contributed by atoms with Crippen molar-refractivity contribution in [1.82, 2.24) is 5.32 Å². The van der Waals surface area contributed by atoms with Gasteiger partial charge in [0.2, 0.25) is 5.91 Å². The van der Waals surface area contributed by atoms with Gasteiger partial charge in [0.15, 0.2) is 0 Å². The van der Waals surface area contributed by atoms with Crippen LogP contribution < -0.4 is 5.32 Å². The Morgan fingerprint density at radius 1 is 0.400 bits per heavy atom. The number of nitrogens with zero attached hydrogens (tertiary/aromatic N) is 1. The van der Waals surface area contributed by atoms with Crippen molar-refractivity contribution in [3.63, 3.8) is 0 Å². The Balaban J connectivity index is 4.98. The van der Waals surface area contributed by atoms with Gasteiger partial charge in [-0.15, -0.1) is 0 Å². The van der Waals surface area contributed by atoms with Crippen LogP contribution in [0.25, 0.3) is 0 Å². The number of carbonyl (C=O) groups excluding carboxylic acids is 2. The summed E-state index contributed by atoms with van der Waals surface area (Å²) in [4.78, 5) is 38.0. The summed E-state index contributed by atoms with van der Waals surface area (Å²) in [7, 11) is 1.50. The summed E-state index contributed by atoms with van der Waals surface area (Å²) in [6, 6.07) is -0.855. The van der Waals surface area contributed by atoms with Crippen LogP contribution in [-0.4, -0.2) is 74.3 Å². The van der Waals surface area contributed by atoms with Crippen molar-refractivity contribution in [3.05, 3.63) is 97.2 Å². The van der Waals surface area contributed by atoms with Crippen LogP contribution >= 0.6 is 7.82 Å². The summed E-state index contributed by atoms with van der Waals surface area (Å²) >= 11 is 0. The Kier molecular flexibility index (Phi) is 66.4. The molecule has 0 aromatic heterocycles. The smallest absolute Gasteiger partial charge is 0.456 e. The van der Waals surface area contributed by atoms with Crippen molar-refractivity contribution in [2.45, 2.75) is 360 Å². The first-order valence-electron chi connectivity index (χ1n) is 38.1. The van der Waals surface area contributed by atoms with E-state index in [1.807, 2.05) is 33.3 Å². The molecule has 0 fully saturated rings. The van der Waals surface area contributed by atoms with Crippen molar-refractivity contribution < 1.29 is 37.3 Å². The second-order valence-corrected chi connectivity index (χ2v) is 28.2. The van der Waals surface area contributed by atoms with Gasteiger partial charge < -0.3 is 19.4 Å². The number of carbonyl (C=O) groups is 2. The van der Waals surface area contributed by atoms with E-state index in [0.29, 0.717) is 17.4 Å². The lowest BCUT2D eigenvalue weighted by molar-refractivity contribution is -0.870. The standard InChI is InChI=1S/C80H145N2O7P/c1-7-10-13-16-19-22-25-28-30-32-34-36-38-40-41-43-44-46-48-50-52-54-57-60-63-66-69-72-79(83)81-77(76-88-90(85,86)87-75-74-82(4,5)6)78(71-68-65-62-59-56-27-24-21-18-15-12-9-3)89-80(84)73-70-67-64-61-58-55-53-51-49-47-45-42-39-37-35-33-31-29-26-23-20-17-14-11-8-2/h10,13,19-20,22-23,28-31,34,36,40-41,68,71,77-78H,7-9,11-12,14-18,21,24-27,32-33,35,37-39,42-67,69-70,72-76H2,1-6H3,(H-,81,83,85,86)/p+1/b13-10-,22-19-,23-20-,30-28-,31-29-,36-34-,41-40-,71-68+. The Morgan fingerprint density at radius 3 is 1.09 bits per heavy atom. The Bertz CT molecular complexity index is 1860. The van der Waals surface area contributed by atoms with Gasteiger partial charge in [-0.1, -0.05) is 324 Å². The molecule has 522 valence electrons. The zero-order valence-electron chi connectivity index (χ0n) is 59.9. The van der Waals surface area contributed by atoms with Gasteiger partial charge >= 0.3 is 13.8 Å². The van der Waals surface area contributed by atoms with E-state index in [1.54, 1.807) is 0 Å². The highest BCUT2D eigenvalue weighted by molar-refractivity contribution is 7.47. The van der Waals surface area contributed by atoms with Gasteiger partial charge in [-0.3, -0.25) is 18.6 Å². The van der Waals surface area contributed by atoms with E-state index in [4.69, 9.17) is 13.8 Å². The van der Waals surface area contributed by atoms with Crippen LogP contribution in [0.4, 0.5) is 0 Å². The van der Waals surface area contributed by atoms with Crippen LogP contribution in [0.5, 0.6) is 0 Å². The fourth-order valence-corrected chi connectivity index (χ4v) is 11.7. The van der Waals surface area contributed by atoms with Gasteiger partial charge in [-0.2, -0.15) is 0 Å². The van der Waals surface area contributed by atoms with Gasteiger partial charge in [-0.25, -0.2) is 4.57 Å². The summed E-state index contributed by atoms with van der Waals surface area (Å²) in [5, 5.41) is 3.08. The number of allylic oxidation sites excluding steroid dienone is 15. The number of amides is 1. The molecule has 0 aliphatic rings. The molecule has 3 unspecified atom stereocenters. The summed E-state index contributed by atoms with van der Waals surface area (Å²) in [5.41, 5.74) is 0. The fourth-order valence-electron chi connectivity index (χ4n) is 10.9. The predicted octanol–water partition coefficient (Wildman–Crippen LogP) is 24.6. The molecule has 90 heavy (non-hydrogen) atoms. The zero-order chi connectivity index (χ0) is 65.6.